The number of hydrogen-bond acceptors (Lipinski definition) is 3. The molecule has 0 spiro atoms. The first-order chi connectivity index (χ1) is 8.15. The number of hydrogen-bond donors (Lipinski definition) is 1. The summed E-state index contributed by atoms with van der Waals surface area (Å²) in [5.41, 5.74) is 0.538. The fourth-order valence-corrected chi connectivity index (χ4v) is 1.70. The Balaban J connectivity index is 2.14. The average Bonchev–Trinajstić information content (AvgIpc) is 2.32. The fourth-order valence-electron chi connectivity index (χ4n) is 1.20. The van der Waals surface area contributed by atoms with Crippen molar-refractivity contribution < 1.29 is 4.79 Å². The van der Waals surface area contributed by atoms with Gasteiger partial charge in [-0.3, -0.25) is 4.79 Å². The Labute approximate surface area is 111 Å². The van der Waals surface area contributed by atoms with E-state index in [-0.39, 0.29) is 11.1 Å². The maximum Gasteiger partial charge on any atom is 0.256 e. The number of benzene rings is 1. The van der Waals surface area contributed by atoms with Gasteiger partial charge < -0.3 is 5.32 Å². The molecule has 1 heterocycles. The third-order valence-electron chi connectivity index (χ3n) is 1.96. The van der Waals surface area contributed by atoms with E-state index in [2.05, 4.69) is 31.4 Å². The van der Waals surface area contributed by atoms with Gasteiger partial charge in [0.2, 0.25) is 0 Å². The van der Waals surface area contributed by atoms with Gasteiger partial charge in [-0.1, -0.05) is 33.6 Å². The van der Waals surface area contributed by atoms with E-state index in [1.54, 1.807) is 30.3 Å². The summed E-state index contributed by atoms with van der Waals surface area (Å²) < 4.78 is 0.840. The number of amides is 1. The fraction of sp³-hybridized carbons (Fsp3) is 0. The van der Waals surface area contributed by atoms with Crippen molar-refractivity contribution in [1.82, 2.24) is 10.2 Å². The van der Waals surface area contributed by atoms with E-state index in [4.69, 9.17) is 11.6 Å². The van der Waals surface area contributed by atoms with Crippen molar-refractivity contribution in [2.24, 2.45) is 0 Å². The Morgan fingerprint density at radius 2 is 2.06 bits per heavy atom. The van der Waals surface area contributed by atoms with Crippen LogP contribution in [0.5, 0.6) is 0 Å². The highest BCUT2D eigenvalue weighted by molar-refractivity contribution is 9.10. The molecule has 1 aromatic carbocycles. The van der Waals surface area contributed by atoms with Gasteiger partial charge in [-0.25, -0.2) is 0 Å². The molecular weight excluding hydrogens is 305 g/mol. The number of nitrogens with one attached hydrogen (secondary N) is 1. The Morgan fingerprint density at radius 3 is 2.71 bits per heavy atom. The number of carbonyl (C=O) groups excluding carboxylic acids is 1. The second-order valence-corrected chi connectivity index (χ2v) is 4.51. The molecule has 86 valence electrons. The Bertz CT molecular complexity index is 545. The lowest BCUT2D eigenvalue weighted by Crippen LogP contribution is -2.13. The number of nitrogens with zero attached hydrogens (tertiary/aromatic N) is 2. The highest BCUT2D eigenvalue weighted by Crippen LogP contribution is 2.13. The zero-order valence-corrected chi connectivity index (χ0v) is 10.9. The van der Waals surface area contributed by atoms with Crippen molar-refractivity contribution in [3.8, 4) is 0 Å². The molecular formula is C11H7BrClN3O. The van der Waals surface area contributed by atoms with E-state index < -0.39 is 0 Å². The van der Waals surface area contributed by atoms with Crippen molar-refractivity contribution in [3.05, 3.63) is 51.6 Å². The van der Waals surface area contributed by atoms with E-state index in [0.717, 1.165) is 4.47 Å². The van der Waals surface area contributed by atoms with E-state index in [9.17, 15) is 4.79 Å². The number of aromatic nitrogens is 2. The molecule has 6 heteroatoms. The van der Waals surface area contributed by atoms with Crippen LogP contribution in [0.25, 0.3) is 0 Å². The zero-order chi connectivity index (χ0) is 12.3. The molecule has 0 fully saturated rings. The van der Waals surface area contributed by atoms with Crippen LogP contribution < -0.4 is 5.32 Å². The quantitative estimate of drug-likeness (QED) is 0.927. The molecule has 0 saturated carbocycles. The van der Waals surface area contributed by atoms with Crippen LogP contribution in [-0.2, 0) is 0 Å². The summed E-state index contributed by atoms with van der Waals surface area (Å²) in [6.07, 6.45) is 0. The predicted molar refractivity (Wildman–Crippen MR) is 69.1 cm³/mol. The Kier molecular flexibility index (Phi) is 3.71. The summed E-state index contributed by atoms with van der Waals surface area (Å²) >= 11 is 8.89. The van der Waals surface area contributed by atoms with Crippen LogP contribution in [0.1, 0.15) is 10.4 Å². The highest BCUT2D eigenvalue weighted by atomic mass is 79.9. The first-order valence-electron chi connectivity index (χ1n) is 4.71. The standard InChI is InChI=1S/C11H7BrClN3O/c12-8-3-1-2-7(6-8)11(17)14-10-5-4-9(13)15-16-10/h1-6H,(H,14,16,17). The van der Waals surface area contributed by atoms with Crippen molar-refractivity contribution in [3.63, 3.8) is 0 Å². The largest absolute Gasteiger partial charge is 0.305 e. The van der Waals surface area contributed by atoms with Gasteiger partial charge in [0.25, 0.3) is 5.91 Å². The molecule has 0 atom stereocenters. The molecule has 0 aliphatic carbocycles. The monoisotopic (exact) mass is 311 g/mol. The van der Waals surface area contributed by atoms with Crippen LogP contribution in [0.15, 0.2) is 40.9 Å². The number of carbonyl (C=O) groups is 1. The van der Waals surface area contributed by atoms with Crippen LogP contribution in [-0.4, -0.2) is 16.1 Å². The van der Waals surface area contributed by atoms with Gasteiger partial charge in [-0.05, 0) is 30.3 Å². The predicted octanol–water partition coefficient (Wildman–Crippen LogP) is 3.14. The third kappa shape index (κ3) is 3.25. The van der Waals surface area contributed by atoms with E-state index in [1.807, 2.05) is 6.07 Å². The van der Waals surface area contributed by atoms with Gasteiger partial charge in [0.1, 0.15) is 0 Å². The van der Waals surface area contributed by atoms with Crippen molar-refractivity contribution >= 4 is 39.3 Å². The minimum Gasteiger partial charge on any atom is -0.305 e. The SMILES string of the molecule is O=C(Nc1ccc(Cl)nn1)c1cccc(Br)c1. The molecule has 4 nitrogen and oxygen atoms in total. The topological polar surface area (TPSA) is 54.9 Å². The summed E-state index contributed by atoms with van der Waals surface area (Å²) in [7, 11) is 0. The van der Waals surface area contributed by atoms with Crippen LogP contribution in [0.3, 0.4) is 0 Å². The van der Waals surface area contributed by atoms with Crippen LogP contribution in [0.2, 0.25) is 5.15 Å². The molecule has 2 aromatic rings. The van der Waals surface area contributed by atoms with Crippen molar-refractivity contribution in [2.45, 2.75) is 0 Å². The Hall–Kier alpha value is -1.46. The molecule has 1 N–H and O–H groups in total. The molecule has 0 aliphatic heterocycles. The number of rotatable bonds is 2. The van der Waals surface area contributed by atoms with Crippen LogP contribution >= 0.6 is 27.5 Å². The van der Waals surface area contributed by atoms with Crippen LogP contribution in [0.4, 0.5) is 5.82 Å². The number of halogens is 2. The lowest BCUT2D eigenvalue weighted by molar-refractivity contribution is 0.102. The van der Waals surface area contributed by atoms with Gasteiger partial charge in [0.15, 0.2) is 11.0 Å². The van der Waals surface area contributed by atoms with Gasteiger partial charge in [0, 0.05) is 10.0 Å². The maximum atomic E-state index is 11.8. The second-order valence-electron chi connectivity index (χ2n) is 3.21. The minimum atomic E-state index is -0.247. The summed E-state index contributed by atoms with van der Waals surface area (Å²) in [5, 5.41) is 10.3. The summed E-state index contributed by atoms with van der Waals surface area (Å²) in [6.45, 7) is 0. The molecule has 0 bridgehead atoms. The first kappa shape index (κ1) is 12.0. The molecule has 0 unspecified atom stereocenters. The van der Waals surface area contributed by atoms with Gasteiger partial charge in [0.05, 0.1) is 0 Å². The van der Waals surface area contributed by atoms with Gasteiger partial charge in [-0.15, -0.1) is 10.2 Å². The molecule has 1 amide bonds. The first-order valence-corrected chi connectivity index (χ1v) is 5.88. The lowest BCUT2D eigenvalue weighted by Gasteiger charge is -2.03. The highest BCUT2D eigenvalue weighted by Gasteiger charge is 2.07. The normalized spacial score (nSPS) is 10.0. The van der Waals surface area contributed by atoms with Crippen molar-refractivity contribution in [1.29, 1.82) is 0 Å². The maximum absolute atomic E-state index is 11.8. The minimum absolute atomic E-state index is 0.247. The summed E-state index contributed by atoms with van der Waals surface area (Å²) in [5.74, 6) is 0.113. The molecule has 1 aromatic heterocycles. The number of anilines is 1. The summed E-state index contributed by atoms with van der Waals surface area (Å²) in [4.78, 5) is 11.8. The van der Waals surface area contributed by atoms with E-state index in [0.29, 0.717) is 11.4 Å². The summed E-state index contributed by atoms with van der Waals surface area (Å²) in [6, 6.07) is 10.2. The van der Waals surface area contributed by atoms with Crippen molar-refractivity contribution in [2.75, 3.05) is 5.32 Å². The second kappa shape index (κ2) is 5.25. The lowest BCUT2D eigenvalue weighted by atomic mass is 10.2. The molecule has 0 aliphatic rings. The zero-order valence-electron chi connectivity index (χ0n) is 8.52. The third-order valence-corrected chi connectivity index (χ3v) is 2.66. The average molecular weight is 313 g/mol. The van der Waals surface area contributed by atoms with Gasteiger partial charge in [-0.2, -0.15) is 0 Å². The molecule has 0 saturated heterocycles. The van der Waals surface area contributed by atoms with E-state index in [1.165, 1.54) is 0 Å². The van der Waals surface area contributed by atoms with E-state index >= 15 is 0 Å². The van der Waals surface area contributed by atoms with Gasteiger partial charge >= 0.3 is 0 Å². The molecule has 0 radical (unpaired) electrons. The molecule has 2 rings (SSSR count). The Morgan fingerprint density at radius 1 is 1.24 bits per heavy atom. The smallest absolute Gasteiger partial charge is 0.256 e. The van der Waals surface area contributed by atoms with Crippen LogP contribution in [0, 0.1) is 0 Å². The molecule has 17 heavy (non-hydrogen) atoms.